The second kappa shape index (κ2) is 21.5. The largest absolute Gasteiger partial charge is 0.354 e. The number of nitrogens with one attached hydrogen (secondary N) is 6. The van der Waals surface area contributed by atoms with Gasteiger partial charge in [0.25, 0.3) is 0 Å². The van der Waals surface area contributed by atoms with Crippen molar-refractivity contribution in [1.82, 2.24) is 41.0 Å². The summed E-state index contributed by atoms with van der Waals surface area (Å²) in [5.74, 6) is 0.187. The lowest BCUT2D eigenvalue weighted by Crippen LogP contribution is -2.56. The first-order valence-electron chi connectivity index (χ1n) is 26.0. The van der Waals surface area contributed by atoms with Crippen molar-refractivity contribution < 1.29 is 19.2 Å². The number of H-pyrrole nitrogens is 2. The van der Waals surface area contributed by atoms with Crippen molar-refractivity contribution in [2.24, 2.45) is 11.8 Å². The predicted octanol–water partition coefficient (Wildman–Crippen LogP) is 8.40. The van der Waals surface area contributed by atoms with Gasteiger partial charge in [-0.3, -0.25) is 19.2 Å². The van der Waals surface area contributed by atoms with Crippen LogP contribution in [0.2, 0.25) is 0 Å². The van der Waals surface area contributed by atoms with Crippen LogP contribution in [0.3, 0.4) is 0 Å². The maximum absolute atomic E-state index is 14.7. The molecule has 12 nitrogen and oxygen atoms in total. The number of aromatic amines is 2. The van der Waals surface area contributed by atoms with E-state index >= 15 is 0 Å². The molecule has 0 radical (unpaired) electrons. The number of fused-ring (bicyclic) bond motifs is 2. The van der Waals surface area contributed by atoms with Gasteiger partial charge in [-0.15, -0.1) is 0 Å². The molecule has 2 saturated carbocycles. The minimum Gasteiger partial charge on any atom is -0.354 e. The minimum atomic E-state index is -0.515. The molecule has 2 aliphatic carbocycles. The minimum absolute atomic E-state index is 0.0199. The predicted molar refractivity (Wildman–Crippen MR) is 272 cm³/mol. The normalized spacial score (nSPS) is 21.2. The zero-order valence-electron chi connectivity index (χ0n) is 40.8. The fourth-order valence-corrected chi connectivity index (χ4v) is 12.1. The van der Waals surface area contributed by atoms with Crippen LogP contribution in [0.1, 0.15) is 115 Å². The molecule has 9 rings (SSSR count). The molecular formula is C56H74N8O4. The molecule has 68 heavy (non-hydrogen) atoms. The Balaban J connectivity index is 0.982. The van der Waals surface area contributed by atoms with Crippen LogP contribution in [0.4, 0.5) is 0 Å². The Labute approximate surface area is 402 Å². The topological polar surface area (TPSA) is 154 Å². The number of hydrogen-bond donors (Lipinski definition) is 6. The number of hydrogen-bond acceptors (Lipinski definition) is 6. The van der Waals surface area contributed by atoms with E-state index in [0.29, 0.717) is 25.9 Å². The molecule has 12 heteroatoms. The lowest BCUT2D eigenvalue weighted by molar-refractivity contribution is -0.139. The number of likely N-dealkylation sites (N-methyl/N-ethyl adjacent to an activating group) is 2. The molecule has 6 N–H and O–H groups in total. The summed E-state index contributed by atoms with van der Waals surface area (Å²) in [5, 5.41) is 14.9. The van der Waals surface area contributed by atoms with Gasteiger partial charge in [0.1, 0.15) is 12.1 Å². The number of aromatic nitrogens is 2. The summed E-state index contributed by atoms with van der Waals surface area (Å²) >= 11 is 0. The smallest absolute Gasteiger partial charge is 0.245 e. The van der Waals surface area contributed by atoms with Gasteiger partial charge in [-0.2, -0.15) is 0 Å². The monoisotopic (exact) mass is 923 g/mol. The van der Waals surface area contributed by atoms with Gasteiger partial charge in [0, 0.05) is 58.4 Å². The van der Waals surface area contributed by atoms with Crippen molar-refractivity contribution >= 4 is 45.4 Å². The van der Waals surface area contributed by atoms with Gasteiger partial charge in [-0.05, 0) is 138 Å². The number of para-hydroxylation sites is 2. The average molecular weight is 923 g/mol. The highest BCUT2D eigenvalue weighted by Gasteiger charge is 2.41. The summed E-state index contributed by atoms with van der Waals surface area (Å²) in [6.45, 7) is 5.09. The summed E-state index contributed by atoms with van der Waals surface area (Å²) < 4.78 is 0. The molecule has 0 bridgehead atoms. The van der Waals surface area contributed by atoms with Crippen molar-refractivity contribution in [2.45, 2.75) is 153 Å². The number of carbonyl (C=O) groups excluding carboxylic acids is 4. The van der Waals surface area contributed by atoms with Crippen molar-refractivity contribution in [3.63, 3.8) is 0 Å². The number of nitrogens with zero attached hydrogens (tertiary/aromatic N) is 2. The first-order valence-corrected chi connectivity index (χ1v) is 26.0. The highest BCUT2D eigenvalue weighted by Crippen LogP contribution is 2.39. The zero-order chi connectivity index (χ0) is 47.3. The molecule has 2 aliphatic heterocycles. The van der Waals surface area contributed by atoms with Crippen LogP contribution in [-0.4, -0.2) is 107 Å². The van der Waals surface area contributed by atoms with E-state index in [1.165, 1.54) is 34.7 Å². The third-order valence-corrected chi connectivity index (χ3v) is 16.3. The highest BCUT2D eigenvalue weighted by molar-refractivity contribution is 5.94. The van der Waals surface area contributed by atoms with E-state index in [4.69, 9.17) is 0 Å². The van der Waals surface area contributed by atoms with E-state index in [9.17, 15) is 19.2 Å². The van der Waals surface area contributed by atoms with Gasteiger partial charge >= 0.3 is 0 Å². The summed E-state index contributed by atoms with van der Waals surface area (Å²) in [6.07, 6.45) is 15.7. The summed E-state index contributed by atoms with van der Waals surface area (Å²) in [4.78, 5) is 67.7. The molecule has 2 saturated heterocycles. The first-order chi connectivity index (χ1) is 33.1. The number of carbonyl (C=O) groups is 4. The van der Waals surface area contributed by atoms with E-state index in [1.54, 1.807) is 14.1 Å². The van der Waals surface area contributed by atoms with Crippen LogP contribution in [0, 0.1) is 11.8 Å². The lowest BCUT2D eigenvalue weighted by atomic mass is 9.83. The third-order valence-electron chi connectivity index (χ3n) is 16.3. The van der Waals surface area contributed by atoms with Crippen molar-refractivity contribution in [2.75, 3.05) is 27.2 Å². The molecule has 0 spiro atoms. The standard InChI is InChI=1S/C56H74N8O4/c1-35(57-3)53(65)61-51(37-17-7-5-8-18-37)55(67)63-31-15-21-41(63)33-45-43-23-11-13-25-47(43)59-49(45)39-27-29-40(30-28-39)50-46(44-24-12-14-26-48(44)60-50)34-42-22-16-32-64(42)56(68)52(38-19-9-6-10-20-38)62-54(66)36(2)58-4/h11-14,23-30,35-38,41-42,51-52,57-60H,5-10,15-22,31-34H2,1-4H3,(H,61,65)(H,62,66)/t35-,36-,41-,42+,51-,52-/m0/s1. The number of rotatable bonds is 16. The van der Waals surface area contributed by atoms with E-state index in [-0.39, 0.29) is 59.6 Å². The fourth-order valence-electron chi connectivity index (χ4n) is 12.1. The van der Waals surface area contributed by atoms with Crippen molar-refractivity contribution in [1.29, 1.82) is 0 Å². The molecule has 3 aromatic carbocycles. The summed E-state index contributed by atoms with van der Waals surface area (Å²) in [6, 6.07) is 24.1. The number of likely N-dealkylation sites (tertiary alicyclic amines) is 2. The van der Waals surface area contributed by atoms with Gasteiger partial charge in [0.15, 0.2) is 0 Å². The van der Waals surface area contributed by atoms with Crippen LogP contribution < -0.4 is 21.3 Å². The second-order valence-corrected chi connectivity index (χ2v) is 20.5. The Hall–Kier alpha value is -5.46. The molecular weight excluding hydrogens is 849 g/mol. The molecule has 4 aliphatic rings. The summed E-state index contributed by atoms with van der Waals surface area (Å²) in [5.41, 5.74) is 8.86. The van der Waals surface area contributed by atoms with Crippen molar-refractivity contribution in [3.8, 4) is 22.5 Å². The molecule has 0 unspecified atom stereocenters. The Bertz CT molecular complexity index is 2380. The highest BCUT2D eigenvalue weighted by atomic mass is 16.2. The molecule has 4 amide bonds. The lowest BCUT2D eigenvalue weighted by Gasteiger charge is -2.35. The van der Waals surface area contributed by atoms with Gasteiger partial charge in [-0.1, -0.05) is 99.2 Å². The first kappa shape index (κ1) is 47.6. The van der Waals surface area contributed by atoms with Gasteiger partial charge in [0.05, 0.1) is 12.1 Å². The van der Waals surface area contributed by atoms with Crippen LogP contribution in [0.25, 0.3) is 44.3 Å². The molecule has 362 valence electrons. The van der Waals surface area contributed by atoms with Gasteiger partial charge < -0.3 is 41.0 Å². The van der Waals surface area contributed by atoms with E-state index in [1.807, 2.05) is 13.8 Å². The average Bonchev–Trinajstić information content (AvgIpc) is 4.21. The maximum atomic E-state index is 14.7. The molecule has 6 atom stereocenters. The van der Waals surface area contributed by atoms with E-state index in [2.05, 4.69) is 114 Å². The quantitative estimate of drug-likeness (QED) is 0.0585. The molecule has 5 aromatic rings. The SMILES string of the molecule is CN[C@@H](C)C(=O)N[C@H](C(=O)N1CCC[C@@H]1Cc1c(-c2ccc(-c3[nH]c4ccccc4c3C[C@@H]3CCCN3C(=O)[C@@H](NC(=O)[C@H](C)NC)C3CCCCC3)cc2)[nH]c2ccccc12)C1CCCCC1. The fraction of sp³-hybridized carbons (Fsp3) is 0.536. The van der Waals surface area contributed by atoms with Crippen LogP contribution in [0.15, 0.2) is 72.8 Å². The van der Waals surface area contributed by atoms with Crippen LogP contribution in [-0.2, 0) is 32.0 Å². The zero-order valence-corrected chi connectivity index (χ0v) is 40.8. The van der Waals surface area contributed by atoms with Gasteiger partial charge in [-0.25, -0.2) is 0 Å². The molecule has 4 heterocycles. The number of amides is 4. The maximum Gasteiger partial charge on any atom is 0.245 e. The van der Waals surface area contributed by atoms with Crippen molar-refractivity contribution in [3.05, 3.63) is 83.9 Å². The Kier molecular flexibility index (Phi) is 15.0. The molecule has 2 aromatic heterocycles. The third kappa shape index (κ3) is 9.99. The van der Waals surface area contributed by atoms with E-state index in [0.717, 1.165) is 111 Å². The summed E-state index contributed by atoms with van der Waals surface area (Å²) in [7, 11) is 3.56. The molecule has 4 fully saturated rings. The Morgan fingerprint density at radius 1 is 0.529 bits per heavy atom. The second-order valence-electron chi connectivity index (χ2n) is 20.5. The number of benzene rings is 3. The Morgan fingerprint density at radius 3 is 1.29 bits per heavy atom. The van der Waals surface area contributed by atoms with Gasteiger partial charge in [0.2, 0.25) is 23.6 Å². The van der Waals surface area contributed by atoms with Crippen LogP contribution >= 0.6 is 0 Å². The van der Waals surface area contributed by atoms with E-state index < -0.39 is 12.1 Å². The van der Waals surface area contributed by atoms with Crippen LogP contribution in [0.5, 0.6) is 0 Å². The Morgan fingerprint density at radius 2 is 0.912 bits per heavy atom.